The molecule has 112 valence electrons. The van der Waals surface area contributed by atoms with E-state index in [4.69, 9.17) is 9.47 Å². The topological polar surface area (TPSA) is 67.5 Å². The van der Waals surface area contributed by atoms with Gasteiger partial charge in [-0.1, -0.05) is 0 Å². The molecule has 1 aromatic heterocycles. The lowest BCUT2D eigenvalue weighted by molar-refractivity contribution is -0.0333. The lowest BCUT2D eigenvalue weighted by Gasteiger charge is -2.36. The molecule has 0 aliphatic carbocycles. The summed E-state index contributed by atoms with van der Waals surface area (Å²) in [4.78, 5) is 14.1. The Morgan fingerprint density at radius 2 is 2.15 bits per heavy atom. The minimum atomic E-state index is -0.500. The quantitative estimate of drug-likeness (QED) is 0.858. The smallest absolute Gasteiger partial charge is 0.410 e. The lowest BCUT2D eigenvalue weighted by atomic mass is 10.0. The van der Waals surface area contributed by atoms with Gasteiger partial charge >= 0.3 is 6.09 Å². The van der Waals surface area contributed by atoms with E-state index in [2.05, 4.69) is 10.2 Å². The first-order valence-electron chi connectivity index (χ1n) is 6.88. The number of carbonyl (C=O) groups is 1. The van der Waals surface area contributed by atoms with E-state index in [1.165, 1.54) is 0 Å². The van der Waals surface area contributed by atoms with Crippen LogP contribution in [0.3, 0.4) is 0 Å². The van der Waals surface area contributed by atoms with E-state index in [1.54, 1.807) is 4.90 Å². The molecule has 0 saturated carbocycles. The van der Waals surface area contributed by atoms with Crippen LogP contribution >= 0.6 is 0 Å². The van der Waals surface area contributed by atoms with E-state index < -0.39 is 5.60 Å². The number of aromatic amines is 1. The minimum absolute atomic E-state index is 0.141. The highest BCUT2D eigenvalue weighted by Crippen LogP contribution is 2.29. The predicted octanol–water partition coefficient (Wildman–Crippen LogP) is 2.33. The van der Waals surface area contributed by atoms with Gasteiger partial charge in [-0.3, -0.25) is 10.00 Å². The monoisotopic (exact) mass is 281 g/mol. The number of morpholine rings is 1. The second-order valence-corrected chi connectivity index (χ2v) is 6.11. The molecular formula is C14H23N3O3. The molecule has 0 radical (unpaired) electrons. The van der Waals surface area contributed by atoms with Gasteiger partial charge in [-0.15, -0.1) is 0 Å². The zero-order valence-electron chi connectivity index (χ0n) is 12.8. The third-order valence-corrected chi connectivity index (χ3v) is 3.27. The van der Waals surface area contributed by atoms with Crippen molar-refractivity contribution in [3.8, 4) is 0 Å². The van der Waals surface area contributed by atoms with Gasteiger partial charge in [0.2, 0.25) is 0 Å². The average molecular weight is 281 g/mol. The van der Waals surface area contributed by atoms with E-state index in [1.807, 2.05) is 34.6 Å². The normalized spacial score (nSPS) is 20.1. The molecule has 1 amide bonds. The summed E-state index contributed by atoms with van der Waals surface area (Å²) in [6.45, 7) is 11.0. The van der Waals surface area contributed by atoms with Crippen molar-refractivity contribution in [3.05, 3.63) is 17.0 Å². The van der Waals surface area contributed by atoms with E-state index in [0.717, 1.165) is 17.0 Å². The van der Waals surface area contributed by atoms with Gasteiger partial charge in [0.05, 0.1) is 24.9 Å². The number of rotatable bonds is 1. The van der Waals surface area contributed by atoms with Crippen LogP contribution in [0.4, 0.5) is 4.79 Å². The maximum atomic E-state index is 12.4. The van der Waals surface area contributed by atoms with Gasteiger partial charge in [-0.25, -0.2) is 4.79 Å². The highest BCUT2D eigenvalue weighted by atomic mass is 16.6. The van der Waals surface area contributed by atoms with Gasteiger partial charge < -0.3 is 9.47 Å². The molecule has 1 aliphatic rings. The molecular weight excluding hydrogens is 258 g/mol. The summed E-state index contributed by atoms with van der Waals surface area (Å²) in [6, 6.07) is -0.141. The van der Waals surface area contributed by atoms with Crippen LogP contribution in [0.5, 0.6) is 0 Å². The summed E-state index contributed by atoms with van der Waals surface area (Å²) >= 11 is 0. The zero-order valence-corrected chi connectivity index (χ0v) is 12.8. The Balaban J connectivity index is 2.24. The van der Waals surface area contributed by atoms with Crippen LogP contribution in [0.1, 0.15) is 43.8 Å². The molecule has 1 aliphatic heterocycles. The maximum Gasteiger partial charge on any atom is 0.410 e. The number of aromatic nitrogens is 2. The van der Waals surface area contributed by atoms with Crippen LogP contribution in [0.2, 0.25) is 0 Å². The molecule has 1 N–H and O–H groups in total. The second-order valence-electron chi connectivity index (χ2n) is 6.11. The second kappa shape index (κ2) is 5.44. The van der Waals surface area contributed by atoms with E-state index in [-0.39, 0.29) is 12.1 Å². The molecule has 1 fully saturated rings. The number of hydrogen-bond donors (Lipinski definition) is 1. The number of ether oxygens (including phenoxy) is 2. The average Bonchev–Trinajstić information content (AvgIpc) is 2.67. The SMILES string of the molecule is Cc1n[nH]c(C)c1C1COCCN1C(=O)OC(C)(C)C. The highest BCUT2D eigenvalue weighted by molar-refractivity contribution is 5.69. The Hall–Kier alpha value is -1.56. The predicted molar refractivity (Wildman–Crippen MR) is 74.6 cm³/mol. The third kappa shape index (κ3) is 3.12. The van der Waals surface area contributed by atoms with Crippen molar-refractivity contribution in [1.29, 1.82) is 0 Å². The van der Waals surface area contributed by atoms with Crippen LogP contribution in [0.25, 0.3) is 0 Å². The summed E-state index contributed by atoms with van der Waals surface area (Å²) in [5.74, 6) is 0. The van der Waals surface area contributed by atoms with Gasteiger partial charge in [-0.05, 0) is 34.6 Å². The number of amides is 1. The Labute approximate surface area is 119 Å². The van der Waals surface area contributed by atoms with Crippen LogP contribution in [-0.4, -0.2) is 46.6 Å². The third-order valence-electron chi connectivity index (χ3n) is 3.27. The Bertz CT molecular complexity index is 471. The van der Waals surface area contributed by atoms with Crippen molar-refractivity contribution < 1.29 is 14.3 Å². The molecule has 6 heteroatoms. The minimum Gasteiger partial charge on any atom is -0.444 e. The zero-order chi connectivity index (χ0) is 14.9. The maximum absolute atomic E-state index is 12.4. The Kier molecular flexibility index (Phi) is 4.04. The summed E-state index contributed by atoms with van der Waals surface area (Å²) in [5, 5.41) is 7.16. The molecule has 1 aromatic rings. The molecule has 0 spiro atoms. The van der Waals surface area contributed by atoms with Gasteiger partial charge in [0, 0.05) is 17.8 Å². The molecule has 2 rings (SSSR count). The number of nitrogens with zero attached hydrogens (tertiary/aromatic N) is 2. The summed E-state index contributed by atoms with van der Waals surface area (Å²) < 4.78 is 11.0. The molecule has 1 saturated heterocycles. The molecule has 2 heterocycles. The van der Waals surface area contributed by atoms with E-state index in [0.29, 0.717) is 19.8 Å². The first-order valence-corrected chi connectivity index (χ1v) is 6.88. The van der Waals surface area contributed by atoms with Crippen LogP contribution in [0, 0.1) is 13.8 Å². The van der Waals surface area contributed by atoms with Crippen LogP contribution < -0.4 is 0 Å². The summed E-state index contributed by atoms with van der Waals surface area (Å²) in [6.07, 6.45) is -0.300. The van der Waals surface area contributed by atoms with Gasteiger partial charge in [0.1, 0.15) is 5.60 Å². The van der Waals surface area contributed by atoms with E-state index in [9.17, 15) is 4.79 Å². The van der Waals surface area contributed by atoms with E-state index >= 15 is 0 Å². The summed E-state index contributed by atoms with van der Waals surface area (Å²) in [7, 11) is 0. The van der Waals surface area contributed by atoms with Gasteiger partial charge in [0.15, 0.2) is 0 Å². The largest absolute Gasteiger partial charge is 0.444 e. The molecule has 20 heavy (non-hydrogen) atoms. The Morgan fingerprint density at radius 1 is 1.45 bits per heavy atom. The Morgan fingerprint density at radius 3 is 2.70 bits per heavy atom. The van der Waals surface area contributed by atoms with Crippen molar-refractivity contribution in [3.63, 3.8) is 0 Å². The molecule has 0 bridgehead atoms. The molecule has 6 nitrogen and oxygen atoms in total. The van der Waals surface area contributed by atoms with Crippen molar-refractivity contribution >= 4 is 6.09 Å². The van der Waals surface area contributed by atoms with Crippen molar-refractivity contribution in [1.82, 2.24) is 15.1 Å². The molecule has 1 atom stereocenters. The van der Waals surface area contributed by atoms with Gasteiger partial charge in [0.25, 0.3) is 0 Å². The van der Waals surface area contributed by atoms with Gasteiger partial charge in [-0.2, -0.15) is 5.10 Å². The fraction of sp³-hybridized carbons (Fsp3) is 0.714. The fourth-order valence-electron chi connectivity index (χ4n) is 2.43. The van der Waals surface area contributed by atoms with Crippen molar-refractivity contribution in [2.45, 2.75) is 46.3 Å². The number of carbonyl (C=O) groups excluding carboxylic acids is 1. The summed E-state index contributed by atoms with van der Waals surface area (Å²) in [5.41, 5.74) is 2.38. The van der Waals surface area contributed by atoms with Crippen molar-refractivity contribution in [2.75, 3.05) is 19.8 Å². The number of hydrogen-bond acceptors (Lipinski definition) is 4. The lowest BCUT2D eigenvalue weighted by Crippen LogP contribution is -2.46. The first-order chi connectivity index (χ1) is 9.29. The first kappa shape index (κ1) is 14.8. The fourth-order valence-corrected chi connectivity index (χ4v) is 2.43. The van der Waals surface area contributed by atoms with Crippen LogP contribution in [0.15, 0.2) is 0 Å². The number of H-pyrrole nitrogens is 1. The molecule has 0 aromatic carbocycles. The van der Waals surface area contributed by atoms with Crippen molar-refractivity contribution in [2.24, 2.45) is 0 Å². The number of nitrogens with one attached hydrogen (secondary N) is 1. The standard InChI is InChI=1S/C14H23N3O3/c1-9-12(10(2)16-15-9)11-8-19-7-6-17(11)13(18)20-14(3,4)5/h11H,6-8H2,1-5H3,(H,15,16). The van der Waals surface area contributed by atoms with Crippen LogP contribution in [-0.2, 0) is 9.47 Å². The molecule has 1 unspecified atom stereocenters. The number of aryl methyl sites for hydroxylation is 2. The highest BCUT2D eigenvalue weighted by Gasteiger charge is 2.34.